The largest absolute Gasteiger partial charge is 0.497 e. The third kappa shape index (κ3) is 5.50. The van der Waals surface area contributed by atoms with Crippen LogP contribution in [-0.2, 0) is 0 Å². The molecule has 0 saturated carbocycles. The Labute approximate surface area is 143 Å². The first-order valence-corrected chi connectivity index (χ1v) is 8.33. The number of thioether (sulfide) groups is 1. The zero-order chi connectivity index (χ0) is 16.7. The average molecular weight is 322 g/mol. The SMILES string of the molecule is C=C(/C=C/C=C/c1ccc(C)cc1)Sc1cc(OC)ccc1C. The first kappa shape index (κ1) is 17.2. The van der Waals surface area contributed by atoms with E-state index in [0.717, 1.165) is 10.7 Å². The molecule has 0 radical (unpaired) electrons. The summed E-state index contributed by atoms with van der Waals surface area (Å²) in [7, 11) is 1.68. The molecule has 0 aliphatic heterocycles. The van der Waals surface area contributed by atoms with E-state index in [1.807, 2.05) is 30.4 Å². The van der Waals surface area contributed by atoms with Crippen molar-refractivity contribution in [2.24, 2.45) is 0 Å². The van der Waals surface area contributed by atoms with Gasteiger partial charge in [-0.15, -0.1) is 0 Å². The molecule has 0 aromatic heterocycles. The Bertz CT molecular complexity index is 724. The smallest absolute Gasteiger partial charge is 0.120 e. The number of ether oxygens (including phenoxy) is 1. The second-order valence-corrected chi connectivity index (χ2v) is 6.50. The molecule has 2 aromatic carbocycles. The standard InChI is InChI=1S/C21H22OS/c1-16-9-12-19(13-10-16)8-6-5-7-18(3)23-21-15-20(22-4)14-11-17(21)2/h5-15H,3H2,1-2,4H3/b7-5+,8-6+. The van der Waals surface area contributed by atoms with Crippen LogP contribution >= 0.6 is 11.8 Å². The fourth-order valence-corrected chi connectivity index (χ4v) is 2.83. The molecule has 0 atom stereocenters. The van der Waals surface area contributed by atoms with Crippen molar-refractivity contribution in [1.29, 1.82) is 0 Å². The average Bonchev–Trinajstić information content (AvgIpc) is 2.55. The predicted molar refractivity (Wildman–Crippen MR) is 102 cm³/mol. The molecule has 2 aromatic rings. The van der Waals surface area contributed by atoms with Gasteiger partial charge in [0.05, 0.1) is 7.11 Å². The Hall–Kier alpha value is -2.19. The van der Waals surface area contributed by atoms with Crippen molar-refractivity contribution >= 4 is 17.8 Å². The van der Waals surface area contributed by atoms with Gasteiger partial charge in [0, 0.05) is 9.80 Å². The van der Waals surface area contributed by atoms with E-state index in [1.54, 1.807) is 18.9 Å². The molecule has 0 unspecified atom stereocenters. The summed E-state index contributed by atoms with van der Waals surface area (Å²) in [5.41, 5.74) is 3.69. The molecular weight excluding hydrogens is 300 g/mol. The maximum absolute atomic E-state index is 5.28. The maximum atomic E-state index is 5.28. The van der Waals surface area contributed by atoms with Crippen LogP contribution in [0.25, 0.3) is 6.08 Å². The van der Waals surface area contributed by atoms with E-state index in [0.29, 0.717) is 0 Å². The molecule has 0 aliphatic rings. The molecule has 0 bridgehead atoms. The molecular formula is C21H22OS. The molecule has 2 rings (SSSR count). The lowest BCUT2D eigenvalue weighted by Crippen LogP contribution is -1.85. The van der Waals surface area contributed by atoms with E-state index in [4.69, 9.17) is 4.74 Å². The zero-order valence-corrected chi connectivity index (χ0v) is 14.7. The van der Waals surface area contributed by atoms with E-state index >= 15 is 0 Å². The molecule has 0 aliphatic carbocycles. The van der Waals surface area contributed by atoms with Crippen LogP contribution in [0.15, 0.2) is 77.1 Å². The van der Waals surface area contributed by atoms with Gasteiger partial charge < -0.3 is 4.74 Å². The van der Waals surface area contributed by atoms with Gasteiger partial charge in [-0.25, -0.2) is 0 Å². The normalized spacial score (nSPS) is 11.3. The van der Waals surface area contributed by atoms with Crippen molar-refractivity contribution in [2.45, 2.75) is 18.7 Å². The van der Waals surface area contributed by atoms with Gasteiger partial charge in [-0.3, -0.25) is 0 Å². The van der Waals surface area contributed by atoms with E-state index < -0.39 is 0 Å². The summed E-state index contributed by atoms with van der Waals surface area (Å²) in [4.78, 5) is 2.16. The van der Waals surface area contributed by atoms with Crippen molar-refractivity contribution in [2.75, 3.05) is 7.11 Å². The molecule has 118 valence electrons. The van der Waals surface area contributed by atoms with Crippen molar-refractivity contribution in [3.63, 3.8) is 0 Å². The molecule has 0 amide bonds. The molecule has 0 saturated heterocycles. The molecule has 0 fully saturated rings. The third-order valence-electron chi connectivity index (χ3n) is 3.40. The van der Waals surface area contributed by atoms with Gasteiger partial charge in [0.1, 0.15) is 5.75 Å². The monoisotopic (exact) mass is 322 g/mol. The van der Waals surface area contributed by atoms with Crippen LogP contribution in [0.1, 0.15) is 16.7 Å². The quantitative estimate of drug-likeness (QED) is 0.463. The summed E-state index contributed by atoms with van der Waals surface area (Å²) in [5.74, 6) is 0.870. The third-order valence-corrected chi connectivity index (χ3v) is 4.45. The first-order chi connectivity index (χ1) is 11.1. The summed E-state index contributed by atoms with van der Waals surface area (Å²) in [5, 5.41) is 0. The topological polar surface area (TPSA) is 9.23 Å². The minimum absolute atomic E-state index is 0.870. The Morgan fingerprint density at radius 2 is 1.78 bits per heavy atom. The van der Waals surface area contributed by atoms with Gasteiger partial charge in [0.2, 0.25) is 0 Å². The number of rotatable bonds is 6. The van der Waals surface area contributed by atoms with Crippen molar-refractivity contribution in [3.8, 4) is 5.75 Å². The first-order valence-electron chi connectivity index (χ1n) is 7.51. The number of benzene rings is 2. The highest BCUT2D eigenvalue weighted by Crippen LogP contribution is 2.31. The minimum Gasteiger partial charge on any atom is -0.497 e. The highest BCUT2D eigenvalue weighted by atomic mass is 32.2. The fourth-order valence-electron chi connectivity index (χ4n) is 2.00. The summed E-state index contributed by atoms with van der Waals surface area (Å²) >= 11 is 1.65. The van der Waals surface area contributed by atoms with Crippen molar-refractivity contribution < 1.29 is 4.74 Å². The van der Waals surface area contributed by atoms with Crippen LogP contribution in [0.3, 0.4) is 0 Å². The fraction of sp³-hybridized carbons (Fsp3) is 0.143. The van der Waals surface area contributed by atoms with Crippen molar-refractivity contribution in [3.05, 3.63) is 88.9 Å². The van der Waals surface area contributed by atoms with Gasteiger partial charge in [0.25, 0.3) is 0 Å². The van der Waals surface area contributed by atoms with Gasteiger partial charge in [-0.05, 0) is 43.2 Å². The second kappa shape index (κ2) is 8.44. The summed E-state index contributed by atoms with van der Waals surface area (Å²) < 4.78 is 5.28. The van der Waals surface area contributed by atoms with Crippen LogP contribution in [0.2, 0.25) is 0 Å². The molecule has 2 heteroatoms. The van der Waals surface area contributed by atoms with Crippen LogP contribution in [0.5, 0.6) is 5.75 Å². The molecule has 0 spiro atoms. The second-order valence-electron chi connectivity index (χ2n) is 5.33. The highest BCUT2D eigenvalue weighted by Gasteiger charge is 2.02. The number of hydrogen-bond acceptors (Lipinski definition) is 2. The number of aryl methyl sites for hydroxylation is 2. The minimum atomic E-state index is 0.870. The lowest BCUT2D eigenvalue weighted by atomic mass is 10.1. The summed E-state index contributed by atoms with van der Waals surface area (Å²) in [6.07, 6.45) is 8.17. The zero-order valence-electron chi connectivity index (χ0n) is 13.9. The van der Waals surface area contributed by atoms with Gasteiger partial charge in [0.15, 0.2) is 0 Å². The van der Waals surface area contributed by atoms with Crippen molar-refractivity contribution in [1.82, 2.24) is 0 Å². The van der Waals surface area contributed by atoms with E-state index in [-0.39, 0.29) is 0 Å². The molecule has 1 nitrogen and oxygen atoms in total. The van der Waals surface area contributed by atoms with E-state index in [2.05, 4.69) is 56.8 Å². The van der Waals surface area contributed by atoms with Crippen LogP contribution in [-0.4, -0.2) is 7.11 Å². The Kier molecular flexibility index (Phi) is 6.30. The lowest BCUT2D eigenvalue weighted by Gasteiger charge is -2.07. The van der Waals surface area contributed by atoms with Gasteiger partial charge in [-0.2, -0.15) is 0 Å². The lowest BCUT2D eigenvalue weighted by molar-refractivity contribution is 0.413. The molecule has 0 N–H and O–H groups in total. The van der Waals surface area contributed by atoms with E-state index in [1.165, 1.54) is 21.6 Å². The number of methoxy groups -OCH3 is 1. The van der Waals surface area contributed by atoms with E-state index in [9.17, 15) is 0 Å². The highest BCUT2D eigenvalue weighted by molar-refractivity contribution is 8.03. The maximum Gasteiger partial charge on any atom is 0.120 e. The van der Waals surface area contributed by atoms with Crippen LogP contribution in [0.4, 0.5) is 0 Å². The summed E-state index contributed by atoms with van der Waals surface area (Å²) in [6, 6.07) is 14.5. The number of hydrogen-bond donors (Lipinski definition) is 0. The predicted octanol–water partition coefficient (Wildman–Crippen LogP) is 6.19. The Morgan fingerprint density at radius 1 is 1.04 bits per heavy atom. The van der Waals surface area contributed by atoms with Crippen LogP contribution in [0, 0.1) is 13.8 Å². The summed E-state index contributed by atoms with van der Waals surface area (Å²) in [6.45, 7) is 8.29. The number of allylic oxidation sites excluding steroid dienone is 3. The molecule has 23 heavy (non-hydrogen) atoms. The van der Waals surface area contributed by atoms with Gasteiger partial charge >= 0.3 is 0 Å². The Morgan fingerprint density at radius 3 is 2.48 bits per heavy atom. The van der Waals surface area contributed by atoms with Gasteiger partial charge in [-0.1, -0.05) is 72.5 Å². The molecule has 0 heterocycles. The Balaban J connectivity index is 1.95. The van der Waals surface area contributed by atoms with Crippen LogP contribution < -0.4 is 4.74 Å².